The Labute approximate surface area is 190 Å². The average molecular weight is 440 g/mol. The number of hydrogen-bond acceptors (Lipinski definition) is 4. The third-order valence-corrected chi connectivity index (χ3v) is 6.61. The maximum Gasteiger partial charge on any atom is 0.227 e. The number of halogens is 1. The van der Waals surface area contributed by atoms with Crippen molar-refractivity contribution in [3.05, 3.63) is 59.9 Å². The Morgan fingerprint density at radius 2 is 1.88 bits per heavy atom. The Balaban J connectivity index is 1.24. The normalized spacial score (nSPS) is 21.4. The van der Waals surface area contributed by atoms with Gasteiger partial charge in [-0.15, -0.1) is 0 Å². The van der Waals surface area contributed by atoms with E-state index >= 15 is 0 Å². The fourth-order valence-electron chi connectivity index (χ4n) is 4.76. The largest absolute Gasteiger partial charge is 0.494 e. The quantitative estimate of drug-likeness (QED) is 0.559. The molecule has 0 aliphatic carbocycles. The van der Waals surface area contributed by atoms with Crippen molar-refractivity contribution in [3.63, 3.8) is 0 Å². The molecule has 2 saturated heterocycles. The average Bonchev–Trinajstić information content (AvgIpc) is 3.38. The Hall–Kier alpha value is -2.44. The van der Waals surface area contributed by atoms with Crippen molar-refractivity contribution in [1.82, 2.24) is 10.2 Å². The molecule has 2 fully saturated rings. The number of likely N-dealkylation sites (tertiary alicyclic amines) is 1. The van der Waals surface area contributed by atoms with Gasteiger partial charge < -0.3 is 19.9 Å². The maximum absolute atomic E-state index is 13.1. The molecule has 32 heavy (non-hydrogen) atoms. The monoisotopic (exact) mass is 439 g/mol. The van der Waals surface area contributed by atoms with E-state index in [-0.39, 0.29) is 17.8 Å². The van der Waals surface area contributed by atoms with Crippen molar-refractivity contribution < 1.29 is 13.9 Å². The van der Waals surface area contributed by atoms with Crippen LogP contribution in [-0.2, 0) is 11.3 Å². The van der Waals surface area contributed by atoms with Crippen LogP contribution in [0.1, 0.15) is 44.6 Å². The van der Waals surface area contributed by atoms with E-state index in [1.807, 2.05) is 29.2 Å². The number of carbonyl (C=O) groups excluding carboxylic acids is 1. The van der Waals surface area contributed by atoms with Gasteiger partial charge in [-0.05, 0) is 81.1 Å². The number of carbonyl (C=O) groups is 1. The zero-order valence-electron chi connectivity index (χ0n) is 18.9. The predicted molar refractivity (Wildman–Crippen MR) is 125 cm³/mol. The highest BCUT2D eigenvalue weighted by atomic mass is 19.1. The van der Waals surface area contributed by atoms with Gasteiger partial charge in [-0.25, -0.2) is 4.39 Å². The molecule has 4 rings (SSSR count). The molecule has 0 spiro atoms. The third kappa shape index (κ3) is 5.87. The summed E-state index contributed by atoms with van der Waals surface area (Å²) < 4.78 is 19.0. The summed E-state index contributed by atoms with van der Waals surface area (Å²) in [5.41, 5.74) is 1.95. The van der Waals surface area contributed by atoms with Crippen molar-refractivity contribution in [2.24, 2.45) is 0 Å². The van der Waals surface area contributed by atoms with Crippen LogP contribution >= 0.6 is 0 Å². The molecular formula is C26H34FN3O2. The van der Waals surface area contributed by atoms with Crippen molar-refractivity contribution in [2.75, 3.05) is 31.1 Å². The van der Waals surface area contributed by atoms with E-state index < -0.39 is 0 Å². The van der Waals surface area contributed by atoms with E-state index in [4.69, 9.17) is 4.74 Å². The van der Waals surface area contributed by atoms with Gasteiger partial charge in [0.05, 0.1) is 6.61 Å². The van der Waals surface area contributed by atoms with Crippen LogP contribution in [0.3, 0.4) is 0 Å². The van der Waals surface area contributed by atoms with Crippen LogP contribution < -0.4 is 15.0 Å². The summed E-state index contributed by atoms with van der Waals surface area (Å²) in [4.78, 5) is 17.0. The molecule has 2 heterocycles. The molecule has 2 aliphatic heterocycles. The molecule has 2 aromatic rings. The lowest BCUT2D eigenvalue weighted by molar-refractivity contribution is -0.117. The van der Waals surface area contributed by atoms with Crippen molar-refractivity contribution in [3.8, 4) is 5.75 Å². The molecule has 2 aliphatic rings. The fourth-order valence-corrected chi connectivity index (χ4v) is 4.76. The number of anilines is 1. The molecule has 1 amide bonds. The Kier molecular flexibility index (Phi) is 7.76. The molecular weight excluding hydrogens is 405 g/mol. The van der Waals surface area contributed by atoms with Crippen LogP contribution in [0.2, 0.25) is 0 Å². The van der Waals surface area contributed by atoms with Gasteiger partial charge >= 0.3 is 0 Å². The topological polar surface area (TPSA) is 44.8 Å². The van der Waals surface area contributed by atoms with Crippen LogP contribution in [0, 0.1) is 5.82 Å². The lowest BCUT2D eigenvalue weighted by Gasteiger charge is -2.25. The minimum absolute atomic E-state index is 0.122. The zero-order valence-corrected chi connectivity index (χ0v) is 18.9. The first kappa shape index (κ1) is 22.7. The van der Waals surface area contributed by atoms with Gasteiger partial charge in [0, 0.05) is 43.8 Å². The number of amides is 1. The molecule has 0 radical (unpaired) electrons. The van der Waals surface area contributed by atoms with Crippen molar-refractivity contribution in [1.29, 1.82) is 0 Å². The number of benzene rings is 2. The molecule has 172 valence electrons. The second-order valence-electron chi connectivity index (χ2n) is 8.94. The highest BCUT2D eigenvalue weighted by Crippen LogP contribution is 2.28. The van der Waals surface area contributed by atoms with Gasteiger partial charge in [0.1, 0.15) is 11.6 Å². The lowest BCUT2D eigenvalue weighted by atomic mass is 10.2. The second kappa shape index (κ2) is 10.9. The van der Waals surface area contributed by atoms with E-state index in [1.54, 1.807) is 12.1 Å². The Morgan fingerprint density at radius 1 is 1.09 bits per heavy atom. The summed E-state index contributed by atoms with van der Waals surface area (Å²) in [6.45, 7) is 6.67. The van der Waals surface area contributed by atoms with Gasteiger partial charge in [-0.1, -0.05) is 12.1 Å². The van der Waals surface area contributed by atoms with Crippen LogP contribution in [-0.4, -0.2) is 49.1 Å². The van der Waals surface area contributed by atoms with Crippen molar-refractivity contribution in [2.45, 2.75) is 57.7 Å². The number of ether oxygens (including phenoxy) is 1. The molecule has 1 unspecified atom stereocenters. The first-order valence-electron chi connectivity index (χ1n) is 11.8. The van der Waals surface area contributed by atoms with E-state index in [1.165, 1.54) is 31.5 Å². The fraction of sp³-hybridized carbons (Fsp3) is 0.500. The lowest BCUT2D eigenvalue weighted by Crippen LogP contribution is -2.40. The van der Waals surface area contributed by atoms with Gasteiger partial charge in [-0.3, -0.25) is 4.79 Å². The van der Waals surface area contributed by atoms with E-state index in [2.05, 4.69) is 17.1 Å². The highest BCUT2D eigenvalue weighted by Gasteiger charge is 2.31. The second-order valence-corrected chi connectivity index (χ2v) is 8.94. The van der Waals surface area contributed by atoms with E-state index in [9.17, 15) is 9.18 Å². The summed E-state index contributed by atoms with van der Waals surface area (Å²) in [5.74, 6) is 0.780. The molecule has 0 saturated carbocycles. The predicted octanol–water partition coefficient (Wildman–Crippen LogP) is 4.36. The third-order valence-electron chi connectivity index (χ3n) is 6.61. The maximum atomic E-state index is 13.1. The number of nitrogens with zero attached hydrogens (tertiary/aromatic N) is 2. The van der Waals surface area contributed by atoms with Gasteiger partial charge in [0.2, 0.25) is 5.91 Å². The van der Waals surface area contributed by atoms with Gasteiger partial charge in [0.15, 0.2) is 0 Å². The molecule has 0 aromatic heterocycles. The molecule has 1 N–H and O–H groups in total. The summed E-state index contributed by atoms with van der Waals surface area (Å²) in [6, 6.07) is 15.2. The first-order chi connectivity index (χ1) is 15.6. The molecule has 5 nitrogen and oxygen atoms in total. The first-order valence-corrected chi connectivity index (χ1v) is 11.8. The SMILES string of the molecule is CC1CCCN1CCCOc1ccc(N2C(=O)CC[C@H]2CNCc2ccc(F)cc2)cc1. The van der Waals surface area contributed by atoms with Crippen LogP contribution in [0.5, 0.6) is 5.75 Å². The Bertz CT molecular complexity index is 872. The standard InChI is InChI=1S/C26H34FN3O2/c1-20-4-2-15-29(20)16-3-17-32-25-12-9-23(10-13-25)30-24(11-14-26(30)31)19-28-18-21-5-7-22(27)8-6-21/h5-10,12-13,20,24,28H,2-4,11,14-19H2,1H3/t20?,24-/m0/s1. The summed E-state index contributed by atoms with van der Waals surface area (Å²) in [7, 11) is 0. The summed E-state index contributed by atoms with van der Waals surface area (Å²) >= 11 is 0. The minimum Gasteiger partial charge on any atom is -0.494 e. The van der Waals surface area contributed by atoms with Gasteiger partial charge in [0.25, 0.3) is 0 Å². The van der Waals surface area contributed by atoms with Crippen LogP contribution in [0.15, 0.2) is 48.5 Å². The zero-order chi connectivity index (χ0) is 22.3. The number of rotatable bonds is 10. The van der Waals surface area contributed by atoms with Gasteiger partial charge in [-0.2, -0.15) is 0 Å². The number of nitrogens with one attached hydrogen (secondary N) is 1. The summed E-state index contributed by atoms with van der Waals surface area (Å²) in [6.07, 6.45) is 5.04. The molecule has 6 heteroatoms. The summed E-state index contributed by atoms with van der Waals surface area (Å²) in [5, 5.41) is 3.41. The smallest absolute Gasteiger partial charge is 0.227 e. The van der Waals surface area contributed by atoms with E-state index in [0.717, 1.165) is 36.4 Å². The van der Waals surface area contributed by atoms with Crippen molar-refractivity contribution >= 4 is 11.6 Å². The highest BCUT2D eigenvalue weighted by molar-refractivity contribution is 5.96. The number of hydrogen-bond donors (Lipinski definition) is 1. The Morgan fingerprint density at radius 3 is 2.59 bits per heavy atom. The minimum atomic E-state index is -0.227. The van der Waals surface area contributed by atoms with E-state index in [0.29, 0.717) is 32.2 Å². The molecule has 2 atom stereocenters. The molecule has 2 aromatic carbocycles. The molecule has 0 bridgehead atoms. The van der Waals surface area contributed by atoms with Crippen LogP contribution in [0.25, 0.3) is 0 Å². The van der Waals surface area contributed by atoms with Crippen LogP contribution in [0.4, 0.5) is 10.1 Å².